The molecular formula is C34H37F2N3O3. The van der Waals surface area contributed by atoms with Crippen molar-refractivity contribution in [1.29, 1.82) is 0 Å². The molecule has 0 aliphatic carbocycles. The molecule has 0 aliphatic heterocycles. The molecule has 1 aromatic heterocycles. The lowest BCUT2D eigenvalue weighted by molar-refractivity contribution is -0.122. The van der Waals surface area contributed by atoms with E-state index in [9.17, 15) is 23.5 Å². The summed E-state index contributed by atoms with van der Waals surface area (Å²) in [5.41, 5.74) is 5.25. The SMILES string of the molecule is CCc1cccc(CNC[C@@H](O)[C@H](Cc2cc(F)cc(F)c2)NC(=O)Cc2ccc(C(=O)c3ccc(C)cc3)n2C)c1. The highest BCUT2D eigenvalue weighted by Gasteiger charge is 2.24. The molecule has 8 heteroatoms. The average Bonchev–Trinajstić information content (AvgIpc) is 3.31. The number of carbonyl (C=O) groups is 2. The molecule has 0 aliphatic rings. The van der Waals surface area contributed by atoms with Crippen molar-refractivity contribution in [3.63, 3.8) is 0 Å². The molecule has 0 saturated heterocycles. The lowest BCUT2D eigenvalue weighted by atomic mass is 10.00. The van der Waals surface area contributed by atoms with Crippen LogP contribution in [0.3, 0.4) is 0 Å². The summed E-state index contributed by atoms with van der Waals surface area (Å²) in [4.78, 5) is 26.2. The number of carbonyl (C=O) groups excluding carboxylic acids is 2. The molecule has 0 radical (unpaired) electrons. The summed E-state index contributed by atoms with van der Waals surface area (Å²) in [6.07, 6.45) is -0.145. The van der Waals surface area contributed by atoms with Gasteiger partial charge in [-0.05, 0) is 60.7 Å². The average molecular weight is 574 g/mol. The van der Waals surface area contributed by atoms with Crippen molar-refractivity contribution < 1.29 is 23.5 Å². The van der Waals surface area contributed by atoms with E-state index >= 15 is 0 Å². The van der Waals surface area contributed by atoms with Crippen molar-refractivity contribution in [3.8, 4) is 0 Å². The molecule has 0 fully saturated rings. The number of amides is 1. The first-order chi connectivity index (χ1) is 20.1. The second kappa shape index (κ2) is 14.2. The summed E-state index contributed by atoms with van der Waals surface area (Å²) in [7, 11) is 1.73. The Bertz CT molecular complexity index is 1510. The van der Waals surface area contributed by atoms with Crippen LogP contribution < -0.4 is 10.6 Å². The number of aliphatic hydroxyl groups excluding tert-OH is 1. The zero-order valence-corrected chi connectivity index (χ0v) is 24.2. The fourth-order valence-corrected chi connectivity index (χ4v) is 4.97. The van der Waals surface area contributed by atoms with Gasteiger partial charge < -0.3 is 20.3 Å². The Labute approximate surface area is 245 Å². The van der Waals surface area contributed by atoms with Gasteiger partial charge in [0.1, 0.15) is 11.6 Å². The van der Waals surface area contributed by atoms with Crippen LogP contribution in [-0.2, 0) is 37.6 Å². The number of aryl methyl sites for hydroxylation is 2. The van der Waals surface area contributed by atoms with Crippen molar-refractivity contribution in [3.05, 3.63) is 130 Å². The maximum Gasteiger partial charge on any atom is 0.226 e. The summed E-state index contributed by atoms with van der Waals surface area (Å²) in [6.45, 7) is 4.69. The monoisotopic (exact) mass is 573 g/mol. The zero-order chi connectivity index (χ0) is 30.2. The normalized spacial score (nSPS) is 12.6. The zero-order valence-electron chi connectivity index (χ0n) is 24.2. The Morgan fingerprint density at radius 1 is 0.905 bits per heavy atom. The van der Waals surface area contributed by atoms with E-state index in [2.05, 4.69) is 29.7 Å². The highest BCUT2D eigenvalue weighted by Crippen LogP contribution is 2.16. The van der Waals surface area contributed by atoms with Gasteiger partial charge >= 0.3 is 0 Å². The minimum absolute atomic E-state index is 0.0267. The summed E-state index contributed by atoms with van der Waals surface area (Å²) in [5.74, 6) is -2.00. The van der Waals surface area contributed by atoms with Crippen LogP contribution in [0, 0.1) is 18.6 Å². The summed E-state index contributed by atoms with van der Waals surface area (Å²) in [6, 6.07) is 21.2. The van der Waals surface area contributed by atoms with E-state index in [1.807, 2.05) is 31.2 Å². The van der Waals surface area contributed by atoms with E-state index in [1.54, 1.807) is 35.9 Å². The quantitative estimate of drug-likeness (QED) is 0.200. The molecule has 4 rings (SSSR count). The molecule has 3 aromatic carbocycles. The topological polar surface area (TPSA) is 83.4 Å². The van der Waals surface area contributed by atoms with Crippen LogP contribution in [0.4, 0.5) is 8.78 Å². The Balaban J connectivity index is 1.44. The number of hydrogen-bond donors (Lipinski definition) is 3. The van der Waals surface area contributed by atoms with Gasteiger partial charge in [-0.1, -0.05) is 61.0 Å². The van der Waals surface area contributed by atoms with Crippen LogP contribution in [0.1, 0.15) is 50.9 Å². The Hall–Kier alpha value is -4.14. The first-order valence-corrected chi connectivity index (χ1v) is 14.1. The van der Waals surface area contributed by atoms with E-state index in [0.717, 1.165) is 23.6 Å². The number of rotatable bonds is 13. The summed E-state index contributed by atoms with van der Waals surface area (Å²) in [5, 5.41) is 17.1. The number of ketones is 1. The molecule has 3 N–H and O–H groups in total. The van der Waals surface area contributed by atoms with Crippen molar-refractivity contribution in [2.75, 3.05) is 6.54 Å². The number of nitrogens with zero attached hydrogens (tertiary/aromatic N) is 1. The summed E-state index contributed by atoms with van der Waals surface area (Å²) < 4.78 is 29.5. The molecule has 0 spiro atoms. The number of benzene rings is 3. The van der Waals surface area contributed by atoms with Gasteiger partial charge in [0.2, 0.25) is 11.7 Å². The predicted octanol–water partition coefficient (Wildman–Crippen LogP) is 4.83. The molecule has 0 unspecified atom stereocenters. The highest BCUT2D eigenvalue weighted by atomic mass is 19.1. The molecule has 1 amide bonds. The van der Waals surface area contributed by atoms with Gasteiger partial charge in [-0.3, -0.25) is 9.59 Å². The Morgan fingerprint density at radius 3 is 2.29 bits per heavy atom. The smallest absolute Gasteiger partial charge is 0.226 e. The van der Waals surface area contributed by atoms with E-state index in [-0.39, 0.29) is 31.1 Å². The second-order valence-corrected chi connectivity index (χ2v) is 10.7. The predicted molar refractivity (Wildman–Crippen MR) is 159 cm³/mol. The lowest BCUT2D eigenvalue weighted by Crippen LogP contribution is -2.49. The Kier molecular flexibility index (Phi) is 10.4. The van der Waals surface area contributed by atoms with Crippen molar-refractivity contribution >= 4 is 11.7 Å². The number of halogens is 2. The van der Waals surface area contributed by atoms with Crippen molar-refractivity contribution in [1.82, 2.24) is 15.2 Å². The van der Waals surface area contributed by atoms with E-state index in [0.29, 0.717) is 29.1 Å². The third kappa shape index (κ3) is 8.21. The van der Waals surface area contributed by atoms with Gasteiger partial charge in [-0.15, -0.1) is 0 Å². The van der Waals surface area contributed by atoms with Crippen LogP contribution in [0.25, 0.3) is 0 Å². The Morgan fingerprint density at radius 2 is 1.60 bits per heavy atom. The standard InChI is InChI=1S/C34H37F2N3O3/c1-4-23-6-5-7-24(14-23)20-37-21-32(40)30(17-25-15-27(35)18-28(36)16-25)38-33(41)19-29-12-13-31(39(29)3)34(42)26-10-8-22(2)9-11-26/h5-16,18,30,32,37,40H,4,17,19-21H2,1-3H3,(H,38,41)/t30-,32+/m0/s1. The van der Waals surface area contributed by atoms with Gasteiger partial charge in [0.25, 0.3) is 0 Å². The third-order valence-electron chi connectivity index (χ3n) is 7.38. The van der Waals surface area contributed by atoms with Gasteiger partial charge in [-0.25, -0.2) is 8.78 Å². The van der Waals surface area contributed by atoms with E-state index < -0.39 is 23.8 Å². The number of nitrogens with one attached hydrogen (secondary N) is 2. The van der Waals surface area contributed by atoms with Gasteiger partial charge in [-0.2, -0.15) is 0 Å². The van der Waals surface area contributed by atoms with Crippen LogP contribution >= 0.6 is 0 Å². The molecule has 2 atom stereocenters. The van der Waals surface area contributed by atoms with Crippen LogP contribution in [-0.4, -0.2) is 40.1 Å². The van der Waals surface area contributed by atoms with Crippen LogP contribution in [0.15, 0.2) is 78.9 Å². The lowest BCUT2D eigenvalue weighted by Gasteiger charge is -2.25. The molecule has 42 heavy (non-hydrogen) atoms. The van der Waals surface area contributed by atoms with Crippen molar-refractivity contribution in [2.45, 2.75) is 51.8 Å². The molecule has 0 bridgehead atoms. The maximum atomic E-state index is 13.9. The van der Waals surface area contributed by atoms with E-state index in [4.69, 9.17) is 0 Å². The first kappa shape index (κ1) is 30.8. The van der Waals surface area contributed by atoms with Gasteiger partial charge in [0, 0.05) is 37.5 Å². The van der Waals surface area contributed by atoms with Gasteiger partial charge in [0.15, 0.2) is 0 Å². The third-order valence-corrected chi connectivity index (χ3v) is 7.38. The fraction of sp³-hybridized carbons (Fsp3) is 0.294. The van der Waals surface area contributed by atoms with E-state index in [1.165, 1.54) is 17.7 Å². The molecular weight excluding hydrogens is 536 g/mol. The van der Waals surface area contributed by atoms with Crippen LogP contribution in [0.5, 0.6) is 0 Å². The maximum absolute atomic E-state index is 13.9. The molecule has 4 aromatic rings. The van der Waals surface area contributed by atoms with Crippen molar-refractivity contribution in [2.24, 2.45) is 7.05 Å². The number of aliphatic hydroxyl groups is 1. The van der Waals surface area contributed by atoms with Crippen LogP contribution in [0.2, 0.25) is 0 Å². The van der Waals surface area contributed by atoms with Gasteiger partial charge in [0.05, 0.1) is 24.3 Å². The molecule has 1 heterocycles. The number of aromatic nitrogens is 1. The first-order valence-electron chi connectivity index (χ1n) is 14.1. The molecule has 0 saturated carbocycles. The largest absolute Gasteiger partial charge is 0.390 e. The highest BCUT2D eigenvalue weighted by molar-refractivity contribution is 6.08. The number of hydrogen-bond acceptors (Lipinski definition) is 4. The summed E-state index contributed by atoms with van der Waals surface area (Å²) >= 11 is 0. The molecule has 6 nitrogen and oxygen atoms in total. The fourth-order valence-electron chi connectivity index (χ4n) is 4.97. The second-order valence-electron chi connectivity index (χ2n) is 10.7. The molecule has 220 valence electrons. The minimum Gasteiger partial charge on any atom is -0.390 e. The minimum atomic E-state index is -1.04.